The third-order valence-electron chi connectivity index (χ3n) is 3.59. The quantitative estimate of drug-likeness (QED) is 0.773. The molecular formula is C15H22O3. The number of methoxy groups -OCH3 is 2. The molecule has 18 heavy (non-hydrogen) atoms. The van der Waals surface area contributed by atoms with E-state index in [1.807, 2.05) is 40.7 Å². The maximum Gasteiger partial charge on any atom is 0.315 e. The highest BCUT2D eigenvalue weighted by Gasteiger charge is 2.34. The second-order valence-corrected chi connectivity index (χ2v) is 5.14. The molecule has 0 aromatic heterocycles. The van der Waals surface area contributed by atoms with E-state index in [1.165, 1.54) is 7.11 Å². The summed E-state index contributed by atoms with van der Waals surface area (Å²) in [7, 11) is 3.08. The molecule has 1 rings (SSSR count). The maximum atomic E-state index is 12.0. The van der Waals surface area contributed by atoms with Gasteiger partial charge in [0, 0.05) is 0 Å². The number of carbonyl (C=O) groups is 1. The third kappa shape index (κ3) is 2.22. The number of esters is 1. The Labute approximate surface area is 109 Å². The normalized spacial score (nSPS) is 11.3. The van der Waals surface area contributed by atoms with Crippen molar-refractivity contribution in [3.05, 3.63) is 28.3 Å². The van der Waals surface area contributed by atoms with Gasteiger partial charge in [-0.05, 0) is 62.9 Å². The Morgan fingerprint density at radius 3 is 2.11 bits per heavy atom. The Hall–Kier alpha value is -1.51. The molecule has 0 saturated heterocycles. The van der Waals surface area contributed by atoms with E-state index in [4.69, 9.17) is 9.47 Å². The number of aryl methyl sites for hydroxylation is 1. The zero-order valence-electron chi connectivity index (χ0n) is 12.3. The van der Waals surface area contributed by atoms with Crippen molar-refractivity contribution in [2.45, 2.75) is 40.0 Å². The summed E-state index contributed by atoms with van der Waals surface area (Å²) in [6.45, 7) is 9.80. The first-order chi connectivity index (χ1) is 8.27. The minimum atomic E-state index is -0.653. The summed E-state index contributed by atoms with van der Waals surface area (Å²) in [6, 6.07) is 1.97. The second kappa shape index (κ2) is 5.01. The molecule has 100 valence electrons. The fraction of sp³-hybridized carbons (Fsp3) is 0.533. The molecule has 1 aromatic rings. The predicted molar refractivity (Wildman–Crippen MR) is 72.2 cm³/mol. The molecule has 0 N–H and O–H groups in total. The van der Waals surface area contributed by atoms with E-state index in [2.05, 4.69) is 0 Å². The SMILES string of the molecule is COC(=O)C(C)(C)c1c(C)cc(OC)c(C)c1C. The Balaban J connectivity index is 3.52. The van der Waals surface area contributed by atoms with Crippen LogP contribution < -0.4 is 4.74 Å². The molecule has 3 heteroatoms. The number of hydrogen-bond donors (Lipinski definition) is 0. The van der Waals surface area contributed by atoms with Crippen molar-refractivity contribution in [2.75, 3.05) is 14.2 Å². The number of carbonyl (C=O) groups excluding carboxylic acids is 1. The van der Waals surface area contributed by atoms with Gasteiger partial charge in [-0.25, -0.2) is 0 Å². The van der Waals surface area contributed by atoms with Gasteiger partial charge >= 0.3 is 5.97 Å². The molecule has 0 atom stereocenters. The van der Waals surface area contributed by atoms with Gasteiger partial charge < -0.3 is 9.47 Å². The van der Waals surface area contributed by atoms with Gasteiger partial charge in [0.15, 0.2) is 0 Å². The summed E-state index contributed by atoms with van der Waals surface area (Å²) in [6.07, 6.45) is 0. The van der Waals surface area contributed by atoms with Crippen LogP contribution in [0.3, 0.4) is 0 Å². The second-order valence-electron chi connectivity index (χ2n) is 5.14. The summed E-state index contributed by atoms with van der Waals surface area (Å²) in [4.78, 5) is 12.0. The van der Waals surface area contributed by atoms with Crippen LogP contribution in [0.25, 0.3) is 0 Å². The van der Waals surface area contributed by atoms with Crippen LogP contribution in [-0.2, 0) is 14.9 Å². The van der Waals surface area contributed by atoms with Gasteiger partial charge in [0.25, 0.3) is 0 Å². The van der Waals surface area contributed by atoms with Gasteiger partial charge in [-0.2, -0.15) is 0 Å². The fourth-order valence-electron chi connectivity index (χ4n) is 2.58. The standard InChI is InChI=1S/C15H22O3/c1-9-8-12(17-6)10(2)11(3)13(9)15(4,5)14(16)18-7/h8H,1-7H3. The van der Waals surface area contributed by atoms with Crippen LogP contribution in [0.5, 0.6) is 5.75 Å². The zero-order chi connectivity index (χ0) is 14.1. The van der Waals surface area contributed by atoms with E-state index in [0.717, 1.165) is 28.0 Å². The molecule has 0 bridgehead atoms. The number of hydrogen-bond acceptors (Lipinski definition) is 3. The first kappa shape index (κ1) is 14.6. The maximum absolute atomic E-state index is 12.0. The molecular weight excluding hydrogens is 228 g/mol. The van der Waals surface area contributed by atoms with Gasteiger partial charge in [0.1, 0.15) is 5.75 Å². The average molecular weight is 250 g/mol. The van der Waals surface area contributed by atoms with Crippen molar-refractivity contribution in [1.82, 2.24) is 0 Å². The Morgan fingerprint density at radius 2 is 1.67 bits per heavy atom. The molecule has 0 spiro atoms. The van der Waals surface area contributed by atoms with E-state index in [0.29, 0.717) is 0 Å². The van der Waals surface area contributed by atoms with Crippen LogP contribution in [0.1, 0.15) is 36.1 Å². The number of rotatable bonds is 3. The van der Waals surface area contributed by atoms with Crippen LogP contribution >= 0.6 is 0 Å². The molecule has 0 aliphatic carbocycles. The van der Waals surface area contributed by atoms with E-state index in [1.54, 1.807) is 7.11 Å². The minimum Gasteiger partial charge on any atom is -0.496 e. The Morgan fingerprint density at radius 1 is 1.11 bits per heavy atom. The number of benzene rings is 1. The highest BCUT2D eigenvalue weighted by atomic mass is 16.5. The van der Waals surface area contributed by atoms with E-state index in [9.17, 15) is 4.79 Å². The molecule has 0 heterocycles. The van der Waals surface area contributed by atoms with Crippen molar-refractivity contribution in [3.63, 3.8) is 0 Å². The van der Waals surface area contributed by atoms with Gasteiger partial charge in [-0.3, -0.25) is 4.79 Å². The monoisotopic (exact) mass is 250 g/mol. The third-order valence-corrected chi connectivity index (χ3v) is 3.59. The summed E-state index contributed by atoms with van der Waals surface area (Å²) in [5.74, 6) is 0.632. The first-order valence-corrected chi connectivity index (χ1v) is 6.01. The lowest BCUT2D eigenvalue weighted by Gasteiger charge is -2.27. The Kier molecular flexibility index (Phi) is 4.05. The molecule has 0 amide bonds. The molecule has 0 aliphatic heterocycles. The average Bonchev–Trinajstić information content (AvgIpc) is 2.32. The molecule has 0 saturated carbocycles. The lowest BCUT2D eigenvalue weighted by Crippen LogP contribution is -2.32. The smallest absolute Gasteiger partial charge is 0.315 e. The van der Waals surface area contributed by atoms with Crippen molar-refractivity contribution in [1.29, 1.82) is 0 Å². The highest BCUT2D eigenvalue weighted by Crippen LogP contribution is 2.36. The molecule has 0 fully saturated rings. The fourth-order valence-corrected chi connectivity index (χ4v) is 2.58. The van der Waals surface area contributed by atoms with Gasteiger partial charge in [0.2, 0.25) is 0 Å². The van der Waals surface area contributed by atoms with Crippen LogP contribution in [0, 0.1) is 20.8 Å². The van der Waals surface area contributed by atoms with Crippen molar-refractivity contribution in [2.24, 2.45) is 0 Å². The lowest BCUT2D eigenvalue weighted by atomic mass is 9.78. The first-order valence-electron chi connectivity index (χ1n) is 6.01. The van der Waals surface area contributed by atoms with Crippen LogP contribution in [-0.4, -0.2) is 20.2 Å². The Bertz CT molecular complexity index is 473. The largest absolute Gasteiger partial charge is 0.496 e. The number of ether oxygens (including phenoxy) is 2. The predicted octanol–water partition coefficient (Wildman–Crippen LogP) is 3.07. The van der Waals surface area contributed by atoms with Crippen molar-refractivity contribution < 1.29 is 14.3 Å². The van der Waals surface area contributed by atoms with Crippen LogP contribution in [0.4, 0.5) is 0 Å². The minimum absolute atomic E-state index is 0.224. The molecule has 1 aromatic carbocycles. The topological polar surface area (TPSA) is 35.5 Å². The summed E-state index contributed by atoms with van der Waals surface area (Å²) in [5, 5.41) is 0. The molecule has 3 nitrogen and oxygen atoms in total. The summed E-state index contributed by atoms with van der Waals surface area (Å²) < 4.78 is 10.3. The zero-order valence-corrected chi connectivity index (χ0v) is 12.3. The van der Waals surface area contributed by atoms with Crippen LogP contribution in [0.15, 0.2) is 6.07 Å². The molecule has 0 aliphatic rings. The van der Waals surface area contributed by atoms with Crippen molar-refractivity contribution in [3.8, 4) is 5.75 Å². The van der Waals surface area contributed by atoms with Gasteiger partial charge in [0.05, 0.1) is 19.6 Å². The summed E-state index contributed by atoms with van der Waals surface area (Å²) in [5.41, 5.74) is 3.57. The molecule has 0 unspecified atom stereocenters. The van der Waals surface area contributed by atoms with E-state index < -0.39 is 5.41 Å². The highest BCUT2D eigenvalue weighted by molar-refractivity contribution is 5.83. The van der Waals surface area contributed by atoms with Gasteiger partial charge in [-0.15, -0.1) is 0 Å². The van der Waals surface area contributed by atoms with Gasteiger partial charge in [-0.1, -0.05) is 0 Å². The van der Waals surface area contributed by atoms with E-state index >= 15 is 0 Å². The van der Waals surface area contributed by atoms with Crippen molar-refractivity contribution >= 4 is 5.97 Å². The summed E-state index contributed by atoms with van der Waals surface area (Å²) >= 11 is 0. The van der Waals surface area contributed by atoms with E-state index in [-0.39, 0.29) is 5.97 Å². The van der Waals surface area contributed by atoms with Crippen LogP contribution in [0.2, 0.25) is 0 Å². The molecule has 0 radical (unpaired) electrons. The lowest BCUT2D eigenvalue weighted by molar-refractivity contribution is -0.146.